The minimum atomic E-state index is 0.623. The number of fused-ring (bicyclic) bond motifs is 10. The number of para-hydroxylation sites is 1. The summed E-state index contributed by atoms with van der Waals surface area (Å²) in [7, 11) is 0. The summed E-state index contributed by atoms with van der Waals surface area (Å²) in [6, 6.07) is 64.2. The molecule has 270 valence electrons. The highest BCUT2D eigenvalue weighted by Crippen LogP contribution is 2.45. The smallest absolute Gasteiger partial charge is 0.164 e. The molecule has 0 aliphatic heterocycles. The van der Waals surface area contributed by atoms with Crippen LogP contribution in [0.1, 0.15) is 0 Å². The first-order valence-electron chi connectivity index (χ1n) is 19.3. The Morgan fingerprint density at radius 1 is 0.293 bits per heavy atom. The molecule has 0 aliphatic carbocycles. The molecule has 58 heavy (non-hydrogen) atoms. The number of thiophene rings is 2. The van der Waals surface area contributed by atoms with E-state index in [2.05, 4.69) is 164 Å². The van der Waals surface area contributed by atoms with Gasteiger partial charge < -0.3 is 0 Å². The Bertz CT molecular complexity index is 3570. The molecule has 0 amide bonds. The van der Waals surface area contributed by atoms with E-state index in [9.17, 15) is 0 Å². The van der Waals surface area contributed by atoms with Crippen molar-refractivity contribution in [1.82, 2.24) is 19.9 Å². The van der Waals surface area contributed by atoms with Crippen LogP contribution >= 0.6 is 22.7 Å². The van der Waals surface area contributed by atoms with Crippen LogP contribution in [0, 0.1) is 0 Å². The lowest BCUT2D eigenvalue weighted by molar-refractivity contribution is 1.08. The molecule has 8 aromatic carbocycles. The first-order chi connectivity index (χ1) is 28.7. The van der Waals surface area contributed by atoms with Gasteiger partial charge in [-0.05, 0) is 35.9 Å². The number of benzene rings is 8. The van der Waals surface area contributed by atoms with E-state index in [-0.39, 0.29) is 0 Å². The number of pyridine rings is 1. The molecule has 0 aliphatic rings. The van der Waals surface area contributed by atoms with E-state index < -0.39 is 0 Å². The quantitative estimate of drug-likeness (QED) is 0.163. The molecule has 4 nitrogen and oxygen atoms in total. The van der Waals surface area contributed by atoms with Gasteiger partial charge in [-0.3, -0.25) is 0 Å². The number of rotatable bonds is 5. The molecular weight excluding hydrogens is 745 g/mol. The Balaban J connectivity index is 1.10. The van der Waals surface area contributed by atoms with Gasteiger partial charge in [-0.2, -0.15) is 0 Å². The third kappa shape index (κ3) is 5.27. The first kappa shape index (κ1) is 33.1. The van der Waals surface area contributed by atoms with E-state index in [0.29, 0.717) is 17.5 Å². The maximum Gasteiger partial charge on any atom is 0.164 e. The van der Waals surface area contributed by atoms with Gasteiger partial charge in [-0.1, -0.05) is 152 Å². The second-order valence-electron chi connectivity index (χ2n) is 14.5. The molecule has 0 saturated carbocycles. The molecule has 0 bridgehead atoms. The van der Waals surface area contributed by atoms with Crippen LogP contribution in [0.2, 0.25) is 0 Å². The third-order valence-electron chi connectivity index (χ3n) is 11.1. The Morgan fingerprint density at radius 3 is 1.60 bits per heavy atom. The predicted octanol–water partition coefficient (Wildman–Crippen LogP) is 14.6. The van der Waals surface area contributed by atoms with Crippen LogP contribution in [0.5, 0.6) is 0 Å². The van der Waals surface area contributed by atoms with Crippen molar-refractivity contribution in [2.75, 3.05) is 0 Å². The van der Waals surface area contributed by atoms with Crippen molar-refractivity contribution in [3.63, 3.8) is 0 Å². The van der Waals surface area contributed by atoms with Crippen LogP contribution in [0.4, 0.5) is 0 Å². The first-order valence-corrected chi connectivity index (χ1v) is 20.9. The fraction of sp³-hybridized carbons (Fsp3) is 0. The van der Waals surface area contributed by atoms with Gasteiger partial charge >= 0.3 is 0 Å². The summed E-state index contributed by atoms with van der Waals surface area (Å²) in [6.45, 7) is 0. The minimum Gasteiger partial charge on any atom is -0.246 e. The normalized spacial score (nSPS) is 11.8. The molecule has 0 saturated heterocycles. The highest BCUT2D eigenvalue weighted by molar-refractivity contribution is 7.26. The van der Waals surface area contributed by atoms with E-state index in [1.807, 2.05) is 29.5 Å². The molecule has 12 rings (SSSR count). The van der Waals surface area contributed by atoms with Gasteiger partial charge in [0.2, 0.25) is 0 Å². The zero-order chi connectivity index (χ0) is 38.2. The molecular formula is C52H30N4S2. The monoisotopic (exact) mass is 774 g/mol. The summed E-state index contributed by atoms with van der Waals surface area (Å²) in [5.74, 6) is 1.92. The zero-order valence-electron chi connectivity index (χ0n) is 30.9. The second kappa shape index (κ2) is 13.2. The molecule has 0 N–H and O–H groups in total. The molecule has 0 spiro atoms. The van der Waals surface area contributed by atoms with Gasteiger partial charge in [0.25, 0.3) is 0 Å². The molecule has 4 heterocycles. The Kier molecular flexibility index (Phi) is 7.55. The fourth-order valence-corrected chi connectivity index (χ4v) is 10.8. The predicted molar refractivity (Wildman–Crippen MR) is 246 cm³/mol. The minimum absolute atomic E-state index is 0.623. The lowest BCUT2D eigenvalue weighted by Crippen LogP contribution is -2.00. The SMILES string of the molecule is c1ccc(-c2nc(-c3cccc(-c4cccc5c4nc(-c4ccccc4)c4ccc6sc7ccccc7c6c45)c3)nc(-c3cccc4sc5ccccc5c34)n2)cc1. The van der Waals surface area contributed by atoms with Gasteiger partial charge in [0.05, 0.1) is 11.2 Å². The summed E-state index contributed by atoms with van der Waals surface area (Å²) in [6.07, 6.45) is 0. The summed E-state index contributed by atoms with van der Waals surface area (Å²) in [5, 5.41) is 8.47. The average Bonchev–Trinajstić information content (AvgIpc) is 3.88. The zero-order valence-corrected chi connectivity index (χ0v) is 32.6. The Labute approximate surface area is 341 Å². The number of aromatic nitrogens is 4. The lowest BCUT2D eigenvalue weighted by Gasteiger charge is -2.15. The Hall–Kier alpha value is -7.12. The van der Waals surface area contributed by atoms with E-state index >= 15 is 0 Å². The molecule has 0 fully saturated rings. The molecule has 4 aromatic heterocycles. The summed E-state index contributed by atoms with van der Waals surface area (Å²) >= 11 is 3.65. The average molecular weight is 775 g/mol. The van der Waals surface area contributed by atoms with Crippen molar-refractivity contribution in [2.24, 2.45) is 0 Å². The summed E-state index contributed by atoms with van der Waals surface area (Å²) < 4.78 is 5.02. The maximum atomic E-state index is 5.54. The third-order valence-corrected chi connectivity index (χ3v) is 13.4. The largest absolute Gasteiger partial charge is 0.246 e. The lowest BCUT2D eigenvalue weighted by atomic mass is 9.93. The van der Waals surface area contributed by atoms with Gasteiger partial charge in [0.1, 0.15) is 0 Å². The molecule has 12 aromatic rings. The van der Waals surface area contributed by atoms with Crippen molar-refractivity contribution in [2.45, 2.75) is 0 Å². The highest BCUT2D eigenvalue weighted by Gasteiger charge is 2.20. The topological polar surface area (TPSA) is 51.6 Å². The van der Waals surface area contributed by atoms with Crippen LogP contribution in [0.25, 0.3) is 119 Å². The highest BCUT2D eigenvalue weighted by atomic mass is 32.1. The van der Waals surface area contributed by atoms with Crippen LogP contribution in [-0.2, 0) is 0 Å². The van der Waals surface area contributed by atoms with E-state index in [1.165, 1.54) is 45.7 Å². The van der Waals surface area contributed by atoms with E-state index in [4.69, 9.17) is 19.9 Å². The van der Waals surface area contributed by atoms with E-state index in [1.54, 1.807) is 11.3 Å². The van der Waals surface area contributed by atoms with Crippen molar-refractivity contribution in [3.05, 3.63) is 182 Å². The van der Waals surface area contributed by atoms with Crippen molar-refractivity contribution in [3.8, 4) is 56.5 Å². The van der Waals surface area contributed by atoms with Crippen molar-refractivity contribution in [1.29, 1.82) is 0 Å². The second-order valence-corrected chi connectivity index (χ2v) is 16.7. The Morgan fingerprint density at radius 2 is 0.828 bits per heavy atom. The number of hydrogen-bond donors (Lipinski definition) is 0. The maximum absolute atomic E-state index is 5.54. The van der Waals surface area contributed by atoms with Gasteiger partial charge in [0.15, 0.2) is 17.5 Å². The van der Waals surface area contributed by atoms with Gasteiger partial charge in [-0.15, -0.1) is 22.7 Å². The number of nitrogens with zero attached hydrogens (tertiary/aromatic N) is 4. The van der Waals surface area contributed by atoms with Crippen LogP contribution in [-0.4, -0.2) is 19.9 Å². The van der Waals surface area contributed by atoms with Gasteiger partial charge in [-0.25, -0.2) is 19.9 Å². The summed E-state index contributed by atoms with van der Waals surface area (Å²) in [5.41, 5.74) is 7.99. The molecule has 6 heteroatoms. The molecule has 0 unspecified atom stereocenters. The summed E-state index contributed by atoms with van der Waals surface area (Å²) in [4.78, 5) is 21.1. The molecule has 0 radical (unpaired) electrons. The van der Waals surface area contributed by atoms with Crippen LogP contribution < -0.4 is 0 Å². The standard InChI is InChI=1S/C52H30N4S2/c1-3-14-31(15-4-1)48-39-28-29-44-47(37-21-8-10-26-42(37)58-44)46(39)38-23-12-22-35(49(38)53-48)33-18-11-19-34(30-33)51-54-50(32-16-5-2-6-17-32)55-52(56-51)40-24-13-27-43-45(40)36-20-7-9-25-41(36)57-43/h1-30H. The fourth-order valence-electron chi connectivity index (χ4n) is 8.51. The van der Waals surface area contributed by atoms with Crippen LogP contribution in [0.15, 0.2) is 182 Å². The molecule has 0 atom stereocenters. The van der Waals surface area contributed by atoms with Crippen molar-refractivity contribution < 1.29 is 0 Å². The van der Waals surface area contributed by atoms with E-state index in [0.717, 1.165) is 55.4 Å². The van der Waals surface area contributed by atoms with Gasteiger partial charge in [0, 0.05) is 84.3 Å². The van der Waals surface area contributed by atoms with Crippen LogP contribution in [0.3, 0.4) is 0 Å². The number of hydrogen-bond acceptors (Lipinski definition) is 6. The van der Waals surface area contributed by atoms with Crippen molar-refractivity contribution >= 4 is 84.7 Å².